The number of rotatable bonds is 12. The van der Waals surface area contributed by atoms with Crippen molar-refractivity contribution in [1.29, 1.82) is 0 Å². The minimum atomic E-state index is 0.563. The van der Waals surface area contributed by atoms with Crippen LogP contribution < -0.4 is 10.0 Å². The second kappa shape index (κ2) is 13.3. The van der Waals surface area contributed by atoms with E-state index in [1.54, 1.807) is 14.7 Å². The van der Waals surface area contributed by atoms with E-state index in [4.69, 9.17) is 0 Å². The third-order valence-corrected chi connectivity index (χ3v) is 5.34. The van der Waals surface area contributed by atoms with Crippen molar-refractivity contribution in [2.75, 3.05) is 18.8 Å². The van der Waals surface area contributed by atoms with E-state index in [0.29, 0.717) is 6.04 Å². The molecule has 1 atom stereocenters. The van der Waals surface area contributed by atoms with Crippen LogP contribution in [-0.2, 0) is 0 Å². The molecule has 1 aliphatic rings. The van der Waals surface area contributed by atoms with E-state index < -0.39 is 0 Å². The van der Waals surface area contributed by atoms with E-state index in [9.17, 15) is 0 Å². The second-order valence-electron chi connectivity index (χ2n) is 5.74. The van der Waals surface area contributed by atoms with Crippen LogP contribution in [0.4, 0.5) is 0 Å². The lowest BCUT2D eigenvalue weighted by Crippen LogP contribution is -2.35. The molecule has 0 aliphatic heterocycles. The van der Waals surface area contributed by atoms with Crippen molar-refractivity contribution >= 4 is 43.0 Å². The molecule has 0 amide bonds. The van der Waals surface area contributed by atoms with Crippen LogP contribution in [0.2, 0.25) is 0 Å². The van der Waals surface area contributed by atoms with Gasteiger partial charge in [0.25, 0.3) is 0 Å². The molecular weight excluding hydrogens is 411 g/mol. The highest BCUT2D eigenvalue weighted by atomic mass is 127. The fourth-order valence-electron chi connectivity index (χ4n) is 2.46. The van der Waals surface area contributed by atoms with Crippen LogP contribution in [0.15, 0.2) is 23.3 Å². The highest BCUT2D eigenvalue weighted by Gasteiger charge is 2.07. The van der Waals surface area contributed by atoms with Crippen molar-refractivity contribution in [3.63, 3.8) is 0 Å². The lowest BCUT2D eigenvalue weighted by molar-refractivity contribution is 0.508. The number of allylic oxidation sites excluding steroid dienone is 4. The molecule has 0 aromatic rings. The summed E-state index contributed by atoms with van der Waals surface area (Å²) in [5, 5.41) is 3.59. The maximum Gasteiger partial charge on any atom is 0.0304 e. The van der Waals surface area contributed by atoms with Gasteiger partial charge >= 0.3 is 0 Å². The van der Waals surface area contributed by atoms with Crippen LogP contribution in [0.25, 0.3) is 0 Å². The zero-order chi connectivity index (χ0) is 15.3. The third-order valence-electron chi connectivity index (χ3n) is 3.84. The van der Waals surface area contributed by atoms with Gasteiger partial charge in [0, 0.05) is 33.8 Å². The van der Waals surface area contributed by atoms with Crippen molar-refractivity contribution in [2.24, 2.45) is 0 Å². The highest BCUT2D eigenvalue weighted by Crippen LogP contribution is 2.20. The van der Waals surface area contributed by atoms with Gasteiger partial charge in [0.2, 0.25) is 0 Å². The van der Waals surface area contributed by atoms with Gasteiger partial charge in [-0.25, -0.2) is 0 Å². The van der Waals surface area contributed by atoms with Crippen LogP contribution in [-0.4, -0.2) is 24.9 Å². The summed E-state index contributed by atoms with van der Waals surface area (Å²) < 4.78 is 3.46. The summed E-state index contributed by atoms with van der Waals surface area (Å²) in [6.45, 7) is 4.42. The number of hydrogen-bond acceptors (Lipinski definition) is 4. The van der Waals surface area contributed by atoms with Gasteiger partial charge in [-0.15, -0.1) is 0 Å². The van der Waals surface area contributed by atoms with Crippen molar-refractivity contribution in [2.45, 2.75) is 57.9 Å². The smallest absolute Gasteiger partial charge is 0.0304 e. The fourth-order valence-corrected chi connectivity index (χ4v) is 4.05. The van der Waals surface area contributed by atoms with Crippen LogP contribution in [0, 0.1) is 0 Å². The molecule has 0 saturated carbocycles. The predicted molar refractivity (Wildman–Crippen MR) is 109 cm³/mol. The molecule has 0 saturated heterocycles. The van der Waals surface area contributed by atoms with Gasteiger partial charge in [0.05, 0.1) is 0 Å². The SMILES string of the molecule is CC1=CCC(CCCCNCC(CCCS)NSI)=CC1. The molecule has 122 valence electrons. The molecule has 21 heavy (non-hydrogen) atoms. The van der Waals surface area contributed by atoms with Crippen LogP contribution in [0.5, 0.6) is 0 Å². The first-order valence-corrected chi connectivity index (χ1v) is 11.9. The molecule has 2 N–H and O–H groups in total. The van der Waals surface area contributed by atoms with Gasteiger partial charge < -0.3 is 5.32 Å². The Morgan fingerprint density at radius 1 is 1.29 bits per heavy atom. The van der Waals surface area contributed by atoms with Gasteiger partial charge in [-0.2, -0.15) is 12.6 Å². The van der Waals surface area contributed by atoms with Crippen molar-refractivity contribution in [3.05, 3.63) is 23.3 Å². The Hall–Kier alpha value is 0.830. The van der Waals surface area contributed by atoms with Crippen LogP contribution in [0.1, 0.15) is 51.9 Å². The molecule has 5 heteroatoms. The van der Waals surface area contributed by atoms with E-state index >= 15 is 0 Å². The van der Waals surface area contributed by atoms with Crippen molar-refractivity contribution < 1.29 is 0 Å². The average molecular weight is 440 g/mol. The summed E-state index contributed by atoms with van der Waals surface area (Å²) in [4.78, 5) is 0. The minimum Gasteiger partial charge on any atom is -0.315 e. The van der Waals surface area contributed by atoms with Gasteiger partial charge in [0.1, 0.15) is 0 Å². The summed E-state index contributed by atoms with van der Waals surface area (Å²) in [7, 11) is 1.69. The third kappa shape index (κ3) is 10.3. The maximum atomic E-state index is 4.29. The van der Waals surface area contributed by atoms with Crippen LogP contribution >= 0.6 is 43.0 Å². The Morgan fingerprint density at radius 3 is 2.81 bits per heavy atom. The number of nitrogens with one attached hydrogen (secondary N) is 2. The normalized spacial score (nSPS) is 16.5. The zero-order valence-electron chi connectivity index (χ0n) is 13.0. The van der Waals surface area contributed by atoms with E-state index in [1.165, 1.54) is 50.5 Å². The standard InChI is InChI=1S/C16H29IN2S2/c1-14-7-9-15(10-8-14)5-2-3-11-18-13-16(19-21-17)6-4-12-20/h7,10,16,18-20H,2-6,8-9,11-13H2,1H3. The summed E-state index contributed by atoms with van der Waals surface area (Å²) in [5.41, 5.74) is 3.16. The van der Waals surface area contributed by atoms with E-state index in [0.717, 1.165) is 18.8 Å². The first-order chi connectivity index (χ1) is 10.3. The quantitative estimate of drug-likeness (QED) is 0.130. The largest absolute Gasteiger partial charge is 0.315 e. The monoisotopic (exact) mass is 440 g/mol. The summed E-state index contributed by atoms with van der Waals surface area (Å²) in [6.07, 6.45) is 13.4. The van der Waals surface area contributed by atoms with Gasteiger partial charge in [-0.05, 0) is 73.3 Å². The van der Waals surface area contributed by atoms with Crippen molar-refractivity contribution in [3.8, 4) is 0 Å². The summed E-state index contributed by atoms with van der Waals surface area (Å²) in [6, 6.07) is 0.563. The molecule has 0 bridgehead atoms. The Bertz CT molecular complexity index is 332. The van der Waals surface area contributed by atoms with Gasteiger partial charge in [0.15, 0.2) is 0 Å². The number of thiol groups is 1. The molecule has 0 radical (unpaired) electrons. The lowest BCUT2D eigenvalue weighted by atomic mass is 9.96. The summed E-state index contributed by atoms with van der Waals surface area (Å²) in [5.74, 6) is 0.979. The molecular formula is C16H29IN2S2. The molecule has 0 heterocycles. The first kappa shape index (κ1) is 19.9. The lowest BCUT2D eigenvalue weighted by Gasteiger charge is -2.17. The topological polar surface area (TPSA) is 24.1 Å². The Labute approximate surface area is 152 Å². The predicted octanol–water partition coefficient (Wildman–Crippen LogP) is 5.08. The number of hydrogen-bond donors (Lipinski definition) is 3. The average Bonchev–Trinajstić information content (AvgIpc) is 2.50. The Balaban J connectivity index is 2.00. The molecule has 2 nitrogen and oxygen atoms in total. The molecule has 0 aromatic carbocycles. The molecule has 1 aliphatic carbocycles. The first-order valence-electron chi connectivity index (χ1n) is 7.94. The molecule has 0 aromatic heterocycles. The second-order valence-corrected chi connectivity index (χ2v) is 7.90. The van der Waals surface area contributed by atoms with Gasteiger partial charge in [-0.3, -0.25) is 4.72 Å². The number of halogens is 1. The summed E-state index contributed by atoms with van der Waals surface area (Å²) >= 11 is 6.59. The van der Waals surface area contributed by atoms with E-state index in [2.05, 4.69) is 62.9 Å². The van der Waals surface area contributed by atoms with Crippen molar-refractivity contribution in [1.82, 2.24) is 10.0 Å². The maximum absolute atomic E-state index is 4.29. The van der Waals surface area contributed by atoms with E-state index in [-0.39, 0.29) is 0 Å². The Kier molecular flexibility index (Phi) is 12.6. The van der Waals surface area contributed by atoms with E-state index in [1.807, 2.05) is 0 Å². The highest BCUT2D eigenvalue weighted by molar-refractivity contribution is 14.2. The molecule has 0 spiro atoms. The minimum absolute atomic E-state index is 0.563. The number of unbranched alkanes of at least 4 members (excludes halogenated alkanes) is 1. The van der Waals surface area contributed by atoms with Crippen LogP contribution in [0.3, 0.4) is 0 Å². The molecule has 1 rings (SSSR count). The fraction of sp³-hybridized carbons (Fsp3) is 0.750. The Morgan fingerprint density at radius 2 is 2.14 bits per heavy atom. The van der Waals surface area contributed by atoms with Gasteiger partial charge in [-0.1, -0.05) is 23.3 Å². The zero-order valence-corrected chi connectivity index (χ0v) is 16.9. The molecule has 0 fully saturated rings. The molecule has 1 unspecified atom stereocenters.